The summed E-state index contributed by atoms with van der Waals surface area (Å²) < 4.78 is 0. The molecule has 19 heavy (non-hydrogen) atoms. The van der Waals surface area contributed by atoms with Crippen molar-refractivity contribution in [3.63, 3.8) is 0 Å². The molecular formula is C15H18ClN3. The van der Waals surface area contributed by atoms with E-state index >= 15 is 0 Å². The van der Waals surface area contributed by atoms with Gasteiger partial charge < -0.3 is 10.6 Å². The zero-order valence-corrected chi connectivity index (χ0v) is 11.8. The number of pyridine rings is 1. The van der Waals surface area contributed by atoms with Crippen LogP contribution in [0.25, 0.3) is 0 Å². The fraction of sp³-hybridized carbons (Fsp3) is 0.267. The van der Waals surface area contributed by atoms with Crippen molar-refractivity contribution in [1.29, 1.82) is 0 Å². The van der Waals surface area contributed by atoms with Gasteiger partial charge in [-0.2, -0.15) is 0 Å². The molecular weight excluding hydrogens is 258 g/mol. The quantitative estimate of drug-likeness (QED) is 0.912. The lowest BCUT2D eigenvalue weighted by Gasteiger charge is -2.20. The number of halogens is 1. The number of rotatable bonds is 5. The molecule has 0 saturated heterocycles. The summed E-state index contributed by atoms with van der Waals surface area (Å²) in [5.41, 5.74) is 8.75. The second-order valence-electron chi connectivity index (χ2n) is 4.50. The van der Waals surface area contributed by atoms with E-state index in [0.29, 0.717) is 6.54 Å². The summed E-state index contributed by atoms with van der Waals surface area (Å²) >= 11 is 6.32. The predicted molar refractivity (Wildman–Crippen MR) is 80.6 cm³/mol. The zero-order chi connectivity index (χ0) is 13.7. The van der Waals surface area contributed by atoms with Crippen LogP contribution in [-0.4, -0.2) is 18.6 Å². The van der Waals surface area contributed by atoms with Crippen molar-refractivity contribution < 1.29 is 0 Å². The Morgan fingerprint density at radius 2 is 2.11 bits per heavy atom. The van der Waals surface area contributed by atoms with Crippen molar-refractivity contribution in [2.45, 2.75) is 13.0 Å². The van der Waals surface area contributed by atoms with Crippen LogP contribution in [0.5, 0.6) is 0 Å². The molecule has 1 aromatic carbocycles. The van der Waals surface area contributed by atoms with Gasteiger partial charge in [0.25, 0.3) is 0 Å². The molecule has 0 saturated carbocycles. The van der Waals surface area contributed by atoms with E-state index in [1.807, 2.05) is 37.4 Å². The molecule has 0 atom stereocenters. The highest BCUT2D eigenvalue weighted by atomic mass is 35.5. The van der Waals surface area contributed by atoms with E-state index < -0.39 is 0 Å². The minimum absolute atomic E-state index is 0.638. The highest BCUT2D eigenvalue weighted by molar-refractivity contribution is 6.33. The number of nitrogens with zero attached hydrogens (tertiary/aromatic N) is 2. The maximum atomic E-state index is 6.32. The normalized spacial score (nSPS) is 10.5. The maximum absolute atomic E-state index is 6.32. The number of hydrogen-bond donors (Lipinski definition) is 1. The Balaban J connectivity index is 2.13. The molecule has 2 aromatic rings. The number of anilines is 1. The van der Waals surface area contributed by atoms with Crippen molar-refractivity contribution in [2.24, 2.45) is 5.73 Å². The Morgan fingerprint density at radius 1 is 1.26 bits per heavy atom. The molecule has 0 aliphatic heterocycles. The number of aromatic nitrogens is 1. The summed E-state index contributed by atoms with van der Waals surface area (Å²) in [4.78, 5) is 6.41. The van der Waals surface area contributed by atoms with Gasteiger partial charge in [-0.1, -0.05) is 23.7 Å². The Morgan fingerprint density at radius 3 is 2.74 bits per heavy atom. The lowest BCUT2D eigenvalue weighted by molar-refractivity contribution is 0.883. The van der Waals surface area contributed by atoms with Gasteiger partial charge in [-0.25, -0.2) is 0 Å². The van der Waals surface area contributed by atoms with Crippen molar-refractivity contribution in [3.8, 4) is 0 Å². The van der Waals surface area contributed by atoms with Crippen LogP contribution in [-0.2, 0) is 13.0 Å². The third-order valence-electron chi connectivity index (χ3n) is 2.98. The van der Waals surface area contributed by atoms with Crippen LogP contribution in [0, 0.1) is 0 Å². The smallest absolute Gasteiger partial charge is 0.0642 e. The number of nitrogens with two attached hydrogens (primary N) is 1. The van der Waals surface area contributed by atoms with Crippen LogP contribution in [0.4, 0.5) is 5.69 Å². The van der Waals surface area contributed by atoms with Crippen molar-refractivity contribution in [2.75, 3.05) is 18.5 Å². The van der Waals surface area contributed by atoms with Gasteiger partial charge in [0.05, 0.1) is 22.9 Å². The van der Waals surface area contributed by atoms with E-state index in [0.717, 1.165) is 29.4 Å². The summed E-state index contributed by atoms with van der Waals surface area (Å²) in [7, 11) is 2.01. The van der Waals surface area contributed by atoms with Crippen LogP contribution in [0.2, 0.25) is 5.02 Å². The van der Waals surface area contributed by atoms with Crippen LogP contribution >= 0.6 is 11.6 Å². The molecule has 4 heteroatoms. The Hall–Kier alpha value is -1.58. The minimum atomic E-state index is 0.638. The SMILES string of the molecule is CN(Cc1ccccn1)c1ccc(CCN)cc1Cl. The van der Waals surface area contributed by atoms with E-state index in [2.05, 4.69) is 16.0 Å². The van der Waals surface area contributed by atoms with E-state index in [1.165, 1.54) is 5.56 Å². The average Bonchev–Trinajstić information content (AvgIpc) is 2.40. The van der Waals surface area contributed by atoms with Gasteiger partial charge in [0.15, 0.2) is 0 Å². The maximum Gasteiger partial charge on any atom is 0.0642 e. The standard InChI is InChI=1S/C15H18ClN3/c1-19(11-13-4-2-3-9-18-13)15-6-5-12(7-8-17)10-14(15)16/h2-6,9-10H,7-8,11,17H2,1H3. The summed E-state index contributed by atoms with van der Waals surface area (Å²) in [6.45, 7) is 1.37. The van der Waals surface area contributed by atoms with Gasteiger partial charge in [-0.05, 0) is 42.8 Å². The highest BCUT2D eigenvalue weighted by Crippen LogP contribution is 2.27. The van der Waals surface area contributed by atoms with Gasteiger partial charge in [-0.15, -0.1) is 0 Å². The first-order valence-corrected chi connectivity index (χ1v) is 6.68. The summed E-state index contributed by atoms with van der Waals surface area (Å²) in [6, 6.07) is 12.0. The van der Waals surface area contributed by atoms with Crippen molar-refractivity contribution >= 4 is 17.3 Å². The lowest BCUT2D eigenvalue weighted by atomic mass is 10.1. The van der Waals surface area contributed by atoms with E-state index in [9.17, 15) is 0 Å². The second kappa shape index (κ2) is 6.55. The zero-order valence-electron chi connectivity index (χ0n) is 11.0. The number of benzene rings is 1. The summed E-state index contributed by atoms with van der Waals surface area (Å²) in [5, 5.41) is 0.754. The van der Waals surface area contributed by atoms with Gasteiger partial charge in [0.1, 0.15) is 0 Å². The molecule has 0 fully saturated rings. The van der Waals surface area contributed by atoms with Crippen LogP contribution in [0.15, 0.2) is 42.6 Å². The third kappa shape index (κ3) is 3.69. The van der Waals surface area contributed by atoms with Gasteiger partial charge in [-0.3, -0.25) is 4.98 Å². The molecule has 2 rings (SSSR count). The molecule has 1 heterocycles. The molecule has 0 unspecified atom stereocenters. The minimum Gasteiger partial charge on any atom is -0.367 e. The Labute approximate surface area is 119 Å². The molecule has 3 nitrogen and oxygen atoms in total. The van der Waals surface area contributed by atoms with Gasteiger partial charge in [0.2, 0.25) is 0 Å². The Kier molecular flexibility index (Phi) is 4.77. The molecule has 0 radical (unpaired) electrons. The topological polar surface area (TPSA) is 42.2 Å². The fourth-order valence-corrected chi connectivity index (χ4v) is 2.35. The summed E-state index contributed by atoms with van der Waals surface area (Å²) in [5.74, 6) is 0. The Bertz CT molecular complexity index is 528. The first-order chi connectivity index (χ1) is 9.20. The summed E-state index contributed by atoms with van der Waals surface area (Å²) in [6.07, 6.45) is 2.65. The van der Waals surface area contributed by atoms with Crippen LogP contribution in [0.1, 0.15) is 11.3 Å². The molecule has 0 aliphatic rings. The average molecular weight is 276 g/mol. The molecule has 0 spiro atoms. The molecule has 100 valence electrons. The number of hydrogen-bond acceptors (Lipinski definition) is 3. The second-order valence-corrected chi connectivity index (χ2v) is 4.91. The first kappa shape index (κ1) is 13.8. The molecule has 2 N–H and O–H groups in total. The van der Waals surface area contributed by atoms with Crippen LogP contribution < -0.4 is 10.6 Å². The first-order valence-electron chi connectivity index (χ1n) is 6.30. The van der Waals surface area contributed by atoms with Gasteiger partial charge >= 0.3 is 0 Å². The molecule has 0 bridgehead atoms. The van der Waals surface area contributed by atoms with Crippen LogP contribution in [0.3, 0.4) is 0 Å². The predicted octanol–water partition coefficient (Wildman–Crippen LogP) is 2.87. The lowest BCUT2D eigenvalue weighted by Crippen LogP contribution is -2.17. The van der Waals surface area contributed by atoms with E-state index in [4.69, 9.17) is 17.3 Å². The largest absolute Gasteiger partial charge is 0.367 e. The van der Waals surface area contributed by atoms with Crippen molar-refractivity contribution in [3.05, 3.63) is 58.9 Å². The fourth-order valence-electron chi connectivity index (χ4n) is 2.00. The third-order valence-corrected chi connectivity index (χ3v) is 3.28. The molecule has 1 aromatic heterocycles. The molecule has 0 amide bonds. The molecule has 0 aliphatic carbocycles. The van der Waals surface area contributed by atoms with E-state index in [-0.39, 0.29) is 0 Å². The highest BCUT2D eigenvalue weighted by Gasteiger charge is 2.08. The van der Waals surface area contributed by atoms with Gasteiger partial charge in [0, 0.05) is 13.2 Å². The monoisotopic (exact) mass is 275 g/mol. The van der Waals surface area contributed by atoms with E-state index in [1.54, 1.807) is 6.20 Å². The van der Waals surface area contributed by atoms with Crippen molar-refractivity contribution in [1.82, 2.24) is 4.98 Å².